The van der Waals surface area contributed by atoms with Gasteiger partial charge in [-0.1, -0.05) is 33.1 Å². The highest BCUT2D eigenvalue weighted by Crippen LogP contribution is 2.13. The molecule has 0 aliphatic carbocycles. The summed E-state index contributed by atoms with van der Waals surface area (Å²) in [7, 11) is 1.70. The Balaban J connectivity index is 3.77. The van der Waals surface area contributed by atoms with Gasteiger partial charge in [0.05, 0.1) is 0 Å². The fourth-order valence-electron chi connectivity index (χ4n) is 1.53. The summed E-state index contributed by atoms with van der Waals surface area (Å²) in [6.07, 6.45) is 4.50. The van der Waals surface area contributed by atoms with Crippen LogP contribution in [0.1, 0.15) is 39.5 Å². The zero-order valence-corrected chi connectivity index (χ0v) is 8.84. The lowest BCUT2D eigenvalue weighted by molar-refractivity contribution is -0.140. The van der Waals surface area contributed by atoms with Crippen molar-refractivity contribution in [3.05, 3.63) is 0 Å². The van der Waals surface area contributed by atoms with E-state index in [1.807, 2.05) is 6.92 Å². The van der Waals surface area contributed by atoms with Crippen LogP contribution in [-0.2, 0) is 4.79 Å². The number of rotatable bonds is 7. The molecule has 13 heavy (non-hydrogen) atoms. The van der Waals surface area contributed by atoms with Gasteiger partial charge in [-0.3, -0.25) is 4.79 Å². The van der Waals surface area contributed by atoms with E-state index in [1.165, 1.54) is 12.8 Å². The molecule has 0 saturated heterocycles. The quantitative estimate of drug-likeness (QED) is 0.598. The van der Waals surface area contributed by atoms with Crippen LogP contribution >= 0.6 is 0 Å². The fourth-order valence-corrected chi connectivity index (χ4v) is 1.53. The van der Waals surface area contributed by atoms with Gasteiger partial charge in [-0.25, -0.2) is 0 Å². The van der Waals surface area contributed by atoms with Gasteiger partial charge in [-0.2, -0.15) is 0 Å². The Morgan fingerprint density at radius 3 is 2.46 bits per heavy atom. The average molecular weight is 187 g/mol. The number of carboxylic acids is 1. The number of aliphatic carboxylic acids is 1. The Hall–Kier alpha value is -0.570. The largest absolute Gasteiger partial charge is 0.480 e. The standard InChI is InChI=1S/C10H21NO2/c1-4-5-6-7-8(2)9(11-3)10(12)13/h8-9,11H,4-7H2,1-3H3,(H,12,13). The Kier molecular flexibility index (Phi) is 6.59. The first kappa shape index (κ1) is 12.4. The fraction of sp³-hybridized carbons (Fsp3) is 0.900. The SMILES string of the molecule is CCCCCC(C)C(NC)C(=O)O. The molecule has 0 aromatic rings. The number of nitrogens with one attached hydrogen (secondary N) is 1. The van der Waals surface area contributed by atoms with E-state index in [4.69, 9.17) is 5.11 Å². The van der Waals surface area contributed by atoms with Crippen LogP contribution in [0.15, 0.2) is 0 Å². The summed E-state index contributed by atoms with van der Waals surface area (Å²) in [5, 5.41) is 11.7. The molecule has 2 N–H and O–H groups in total. The molecule has 0 aliphatic heterocycles. The van der Waals surface area contributed by atoms with Crippen molar-refractivity contribution in [3.63, 3.8) is 0 Å². The second-order valence-electron chi connectivity index (χ2n) is 3.58. The Bertz CT molecular complexity index is 148. The minimum atomic E-state index is -0.744. The highest BCUT2D eigenvalue weighted by Gasteiger charge is 2.21. The lowest BCUT2D eigenvalue weighted by atomic mass is 9.95. The van der Waals surface area contributed by atoms with Crippen molar-refractivity contribution in [1.82, 2.24) is 5.32 Å². The topological polar surface area (TPSA) is 49.3 Å². The first-order valence-electron chi connectivity index (χ1n) is 5.03. The molecule has 0 bridgehead atoms. The zero-order chi connectivity index (χ0) is 10.3. The highest BCUT2D eigenvalue weighted by molar-refractivity contribution is 5.73. The maximum atomic E-state index is 10.7. The molecule has 3 heteroatoms. The monoisotopic (exact) mass is 187 g/mol. The number of hydrogen-bond acceptors (Lipinski definition) is 2. The summed E-state index contributed by atoms with van der Waals surface area (Å²) >= 11 is 0. The van der Waals surface area contributed by atoms with E-state index in [0.717, 1.165) is 12.8 Å². The van der Waals surface area contributed by atoms with E-state index in [-0.39, 0.29) is 5.92 Å². The van der Waals surface area contributed by atoms with Gasteiger partial charge in [0.2, 0.25) is 0 Å². The predicted molar refractivity (Wildman–Crippen MR) is 53.8 cm³/mol. The van der Waals surface area contributed by atoms with Crippen LogP contribution in [0, 0.1) is 5.92 Å². The molecule has 0 heterocycles. The summed E-state index contributed by atoms with van der Waals surface area (Å²) in [5.41, 5.74) is 0. The van der Waals surface area contributed by atoms with Gasteiger partial charge in [0.1, 0.15) is 6.04 Å². The molecule has 0 radical (unpaired) electrons. The summed E-state index contributed by atoms with van der Waals surface area (Å²) in [6, 6.07) is -0.392. The molecule has 0 rings (SSSR count). The molecule has 0 aliphatic rings. The van der Waals surface area contributed by atoms with Crippen LogP contribution in [0.2, 0.25) is 0 Å². The molecule has 2 atom stereocenters. The molecule has 0 spiro atoms. The van der Waals surface area contributed by atoms with Crippen molar-refractivity contribution in [2.75, 3.05) is 7.05 Å². The predicted octanol–water partition coefficient (Wildman–Crippen LogP) is 1.88. The van der Waals surface area contributed by atoms with Crippen LogP contribution < -0.4 is 5.32 Å². The van der Waals surface area contributed by atoms with E-state index < -0.39 is 12.0 Å². The van der Waals surface area contributed by atoms with Crippen molar-refractivity contribution >= 4 is 5.97 Å². The minimum absolute atomic E-state index is 0.217. The van der Waals surface area contributed by atoms with Crippen LogP contribution in [0.4, 0.5) is 0 Å². The summed E-state index contributed by atoms with van der Waals surface area (Å²) in [6.45, 7) is 4.14. The van der Waals surface area contributed by atoms with E-state index in [1.54, 1.807) is 7.05 Å². The molecule has 0 aromatic heterocycles. The number of unbranched alkanes of at least 4 members (excludes halogenated alkanes) is 2. The van der Waals surface area contributed by atoms with E-state index in [9.17, 15) is 4.79 Å². The molecule has 0 amide bonds. The Morgan fingerprint density at radius 1 is 1.46 bits per heavy atom. The maximum absolute atomic E-state index is 10.7. The maximum Gasteiger partial charge on any atom is 0.320 e. The van der Waals surface area contributed by atoms with Crippen molar-refractivity contribution in [1.29, 1.82) is 0 Å². The molecule has 0 aromatic carbocycles. The number of carbonyl (C=O) groups is 1. The lowest BCUT2D eigenvalue weighted by Gasteiger charge is -2.18. The lowest BCUT2D eigenvalue weighted by Crippen LogP contribution is -2.39. The van der Waals surface area contributed by atoms with Gasteiger partial charge in [0.15, 0.2) is 0 Å². The van der Waals surface area contributed by atoms with Crippen molar-refractivity contribution in [3.8, 4) is 0 Å². The number of likely N-dealkylation sites (N-methyl/N-ethyl adjacent to an activating group) is 1. The van der Waals surface area contributed by atoms with Gasteiger partial charge in [0, 0.05) is 0 Å². The number of carboxylic acid groups (broad SMARTS) is 1. The van der Waals surface area contributed by atoms with Gasteiger partial charge in [-0.15, -0.1) is 0 Å². The van der Waals surface area contributed by atoms with Gasteiger partial charge >= 0.3 is 5.97 Å². The van der Waals surface area contributed by atoms with Crippen molar-refractivity contribution in [2.45, 2.75) is 45.6 Å². The van der Waals surface area contributed by atoms with E-state index >= 15 is 0 Å². The Labute approximate surface area is 80.5 Å². The first-order valence-corrected chi connectivity index (χ1v) is 5.03. The third kappa shape index (κ3) is 4.88. The van der Waals surface area contributed by atoms with Crippen molar-refractivity contribution < 1.29 is 9.90 Å². The first-order chi connectivity index (χ1) is 6.13. The summed E-state index contributed by atoms with van der Waals surface area (Å²) in [4.78, 5) is 10.7. The molecule has 0 fully saturated rings. The third-order valence-electron chi connectivity index (χ3n) is 2.41. The van der Waals surface area contributed by atoms with E-state index in [2.05, 4.69) is 12.2 Å². The number of hydrogen-bond donors (Lipinski definition) is 2. The smallest absolute Gasteiger partial charge is 0.320 e. The van der Waals surface area contributed by atoms with Crippen LogP contribution in [0.25, 0.3) is 0 Å². The molecule has 2 unspecified atom stereocenters. The van der Waals surface area contributed by atoms with Crippen LogP contribution in [-0.4, -0.2) is 24.2 Å². The van der Waals surface area contributed by atoms with Crippen LogP contribution in [0.3, 0.4) is 0 Å². The van der Waals surface area contributed by atoms with Gasteiger partial charge < -0.3 is 10.4 Å². The van der Waals surface area contributed by atoms with Crippen LogP contribution in [0.5, 0.6) is 0 Å². The molecular formula is C10H21NO2. The molecule has 3 nitrogen and oxygen atoms in total. The summed E-state index contributed by atoms with van der Waals surface area (Å²) < 4.78 is 0. The molecule has 78 valence electrons. The normalized spacial score (nSPS) is 15.3. The third-order valence-corrected chi connectivity index (χ3v) is 2.41. The second-order valence-corrected chi connectivity index (χ2v) is 3.58. The molecular weight excluding hydrogens is 166 g/mol. The van der Waals surface area contributed by atoms with Gasteiger partial charge in [-0.05, 0) is 19.4 Å². The van der Waals surface area contributed by atoms with Gasteiger partial charge in [0.25, 0.3) is 0 Å². The molecule has 0 saturated carbocycles. The zero-order valence-electron chi connectivity index (χ0n) is 8.84. The summed E-state index contributed by atoms with van der Waals surface area (Å²) in [5.74, 6) is -0.527. The minimum Gasteiger partial charge on any atom is -0.480 e. The van der Waals surface area contributed by atoms with Crippen molar-refractivity contribution in [2.24, 2.45) is 5.92 Å². The second kappa shape index (κ2) is 6.89. The van der Waals surface area contributed by atoms with E-state index in [0.29, 0.717) is 0 Å². The Morgan fingerprint density at radius 2 is 2.08 bits per heavy atom. The highest BCUT2D eigenvalue weighted by atomic mass is 16.4. The average Bonchev–Trinajstić information content (AvgIpc) is 2.05.